The van der Waals surface area contributed by atoms with Crippen LogP contribution in [0.25, 0.3) is 0 Å². The summed E-state index contributed by atoms with van der Waals surface area (Å²) >= 11 is 0. The monoisotopic (exact) mass is 154 g/mol. The zero-order valence-corrected chi connectivity index (χ0v) is 6.28. The van der Waals surface area contributed by atoms with Crippen molar-refractivity contribution in [3.8, 4) is 0 Å². The van der Waals surface area contributed by atoms with Gasteiger partial charge in [-0.05, 0) is 12.5 Å². The van der Waals surface area contributed by atoms with Crippen molar-refractivity contribution in [2.45, 2.75) is 12.5 Å². The summed E-state index contributed by atoms with van der Waals surface area (Å²) in [5, 5.41) is 9.23. The Morgan fingerprint density at radius 2 is 2.55 bits per heavy atom. The molecule has 1 N–H and O–H groups in total. The molecule has 0 saturated carbocycles. The van der Waals surface area contributed by atoms with E-state index in [0.29, 0.717) is 17.8 Å². The molecule has 60 valence electrons. The molecule has 0 aliphatic heterocycles. The molecule has 11 heavy (non-hydrogen) atoms. The number of carbonyl (C=O) groups is 1. The summed E-state index contributed by atoms with van der Waals surface area (Å²) in [6, 6.07) is 0. The maximum atomic E-state index is 10.3. The van der Waals surface area contributed by atoms with Crippen LogP contribution < -0.4 is 0 Å². The van der Waals surface area contributed by atoms with Gasteiger partial charge in [0, 0.05) is 5.57 Å². The molecule has 0 heterocycles. The van der Waals surface area contributed by atoms with Crippen LogP contribution in [0.3, 0.4) is 0 Å². The lowest BCUT2D eigenvalue weighted by molar-refractivity contribution is -0.104. The predicted octanol–water partition coefficient (Wildman–Crippen LogP) is 0.407. The Kier molecular flexibility index (Phi) is 2.44. The van der Waals surface area contributed by atoms with Gasteiger partial charge in [0.25, 0.3) is 0 Å². The third-order valence-corrected chi connectivity index (χ3v) is 1.59. The van der Waals surface area contributed by atoms with Crippen LogP contribution in [0.5, 0.6) is 0 Å². The number of carbonyl (C=O) groups excluding carboxylic acids is 1. The van der Waals surface area contributed by atoms with Crippen molar-refractivity contribution >= 4 is 6.29 Å². The lowest BCUT2D eigenvalue weighted by atomic mass is 10.0. The molecule has 1 atom stereocenters. The Bertz CT molecular complexity index is 215. The van der Waals surface area contributed by atoms with E-state index >= 15 is 0 Å². The van der Waals surface area contributed by atoms with E-state index in [4.69, 9.17) is 4.74 Å². The molecule has 0 aromatic carbocycles. The molecule has 0 spiro atoms. The molecule has 0 fully saturated rings. The molecule has 0 amide bonds. The van der Waals surface area contributed by atoms with E-state index in [1.165, 1.54) is 7.11 Å². The summed E-state index contributed by atoms with van der Waals surface area (Å²) in [6.07, 6.45) is 3.82. The second kappa shape index (κ2) is 3.34. The number of ether oxygens (including phenoxy) is 1. The number of allylic oxidation sites excluding steroid dienone is 2. The molecule has 0 radical (unpaired) electrons. The van der Waals surface area contributed by atoms with Crippen molar-refractivity contribution in [1.29, 1.82) is 0 Å². The standard InChI is InChI=1S/C8H10O3/c1-11-8-4-6(5-9)2-3-7(8)10/h2,4-5,7,10H,3H2,1H3. The fourth-order valence-electron chi connectivity index (χ4n) is 0.960. The fraction of sp³-hybridized carbons (Fsp3) is 0.375. The van der Waals surface area contributed by atoms with Gasteiger partial charge in [-0.2, -0.15) is 0 Å². The van der Waals surface area contributed by atoms with Crippen LogP contribution in [0.4, 0.5) is 0 Å². The first-order valence-electron chi connectivity index (χ1n) is 3.37. The Hall–Kier alpha value is -1.09. The molecule has 1 unspecified atom stereocenters. The van der Waals surface area contributed by atoms with Gasteiger partial charge < -0.3 is 9.84 Å². The van der Waals surface area contributed by atoms with E-state index in [0.717, 1.165) is 6.29 Å². The van der Waals surface area contributed by atoms with Gasteiger partial charge in [0.05, 0.1) is 7.11 Å². The Labute approximate surface area is 65.0 Å². The number of aliphatic hydroxyl groups excluding tert-OH is 1. The Morgan fingerprint density at radius 1 is 1.82 bits per heavy atom. The predicted molar refractivity (Wildman–Crippen MR) is 39.9 cm³/mol. The van der Waals surface area contributed by atoms with E-state index in [1.54, 1.807) is 12.2 Å². The summed E-state index contributed by atoms with van der Waals surface area (Å²) in [6.45, 7) is 0. The number of hydrogen-bond acceptors (Lipinski definition) is 3. The topological polar surface area (TPSA) is 46.5 Å². The molecule has 0 saturated heterocycles. The molecule has 1 rings (SSSR count). The van der Waals surface area contributed by atoms with Gasteiger partial charge >= 0.3 is 0 Å². The fourth-order valence-corrected chi connectivity index (χ4v) is 0.960. The van der Waals surface area contributed by atoms with E-state index in [-0.39, 0.29) is 0 Å². The summed E-state index contributed by atoms with van der Waals surface area (Å²) < 4.78 is 4.85. The molecular weight excluding hydrogens is 144 g/mol. The van der Waals surface area contributed by atoms with Gasteiger partial charge in [-0.3, -0.25) is 4.79 Å². The van der Waals surface area contributed by atoms with Crippen molar-refractivity contribution in [2.75, 3.05) is 7.11 Å². The first-order valence-corrected chi connectivity index (χ1v) is 3.37. The maximum Gasteiger partial charge on any atom is 0.149 e. The number of aldehydes is 1. The van der Waals surface area contributed by atoms with Crippen molar-refractivity contribution < 1.29 is 14.6 Å². The van der Waals surface area contributed by atoms with Crippen LogP contribution in [-0.2, 0) is 9.53 Å². The number of aliphatic hydroxyl groups is 1. The SMILES string of the molecule is COC1=CC(C=O)=CCC1O. The van der Waals surface area contributed by atoms with Crippen LogP contribution in [-0.4, -0.2) is 24.6 Å². The number of methoxy groups -OCH3 is 1. The molecular formula is C8H10O3. The smallest absolute Gasteiger partial charge is 0.149 e. The van der Waals surface area contributed by atoms with Crippen molar-refractivity contribution in [3.63, 3.8) is 0 Å². The van der Waals surface area contributed by atoms with Crippen molar-refractivity contribution in [1.82, 2.24) is 0 Å². The van der Waals surface area contributed by atoms with Gasteiger partial charge in [-0.15, -0.1) is 0 Å². The first-order chi connectivity index (χ1) is 5.27. The van der Waals surface area contributed by atoms with E-state index in [1.807, 2.05) is 0 Å². The Balaban J connectivity index is 2.79. The largest absolute Gasteiger partial charge is 0.498 e. The van der Waals surface area contributed by atoms with E-state index in [2.05, 4.69) is 0 Å². The van der Waals surface area contributed by atoms with Gasteiger partial charge in [0.1, 0.15) is 18.1 Å². The minimum Gasteiger partial charge on any atom is -0.498 e. The molecule has 0 aromatic rings. The minimum atomic E-state index is -0.594. The Morgan fingerprint density at radius 3 is 3.09 bits per heavy atom. The van der Waals surface area contributed by atoms with Crippen molar-refractivity contribution in [3.05, 3.63) is 23.5 Å². The highest BCUT2D eigenvalue weighted by molar-refractivity contribution is 5.78. The van der Waals surface area contributed by atoms with E-state index in [9.17, 15) is 9.90 Å². The van der Waals surface area contributed by atoms with Crippen LogP contribution in [0.2, 0.25) is 0 Å². The summed E-state index contributed by atoms with van der Waals surface area (Å²) in [4.78, 5) is 10.3. The van der Waals surface area contributed by atoms with Gasteiger partial charge in [-0.25, -0.2) is 0 Å². The van der Waals surface area contributed by atoms with Gasteiger partial charge in [-0.1, -0.05) is 6.08 Å². The average molecular weight is 154 g/mol. The van der Waals surface area contributed by atoms with Crippen LogP contribution >= 0.6 is 0 Å². The highest BCUT2D eigenvalue weighted by Gasteiger charge is 2.14. The average Bonchev–Trinajstić information content (AvgIpc) is 2.05. The summed E-state index contributed by atoms with van der Waals surface area (Å²) in [7, 11) is 1.47. The van der Waals surface area contributed by atoms with Crippen molar-refractivity contribution in [2.24, 2.45) is 0 Å². The highest BCUT2D eigenvalue weighted by Crippen LogP contribution is 2.16. The lowest BCUT2D eigenvalue weighted by Crippen LogP contribution is -2.14. The first kappa shape index (κ1) is 8.01. The molecule has 0 bridgehead atoms. The molecule has 3 heteroatoms. The third kappa shape index (κ3) is 1.68. The van der Waals surface area contributed by atoms with Gasteiger partial charge in [0.15, 0.2) is 0 Å². The van der Waals surface area contributed by atoms with Crippen LogP contribution in [0, 0.1) is 0 Å². The van der Waals surface area contributed by atoms with Crippen LogP contribution in [0.1, 0.15) is 6.42 Å². The zero-order chi connectivity index (χ0) is 8.27. The molecule has 0 aromatic heterocycles. The zero-order valence-electron chi connectivity index (χ0n) is 6.28. The quantitative estimate of drug-likeness (QED) is 0.586. The highest BCUT2D eigenvalue weighted by atomic mass is 16.5. The normalized spacial score (nSPS) is 23.6. The lowest BCUT2D eigenvalue weighted by Gasteiger charge is -2.15. The van der Waals surface area contributed by atoms with Gasteiger partial charge in [0.2, 0.25) is 0 Å². The maximum absolute atomic E-state index is 10.3. The summed E-state index contributed by atoms with van der Waals surface area (Å²) in [5.41, 5.74) is 0.562. The minimum absolute atomic E-state index is 0.452. The second-order valence-electron chi connectivity index (χ2n) is 2.32. The van der Waals surface area contributed by atoms with E-state index < -0.39 is 6.10 Å². The van der Waals surface area contributed by atoms with Crippen LogP contribution in [0.15, 0.2) is 23.5 Å². The number of hydrogen-bond donors (Lipinski definition) is 1. The second-order valence-corrected chi connectivity index (χ2v) is 2.32. The molecule has 3 nitrogen and oxygen atoms in total. The number of rotatable bonds is 2. The molecule has 1 aliphatic carbocycles. The molecule has 1 aliphatic rings. The summed E-state index contributed by atoms with van der Waals surface area (Å²) in [5.74, 6) is 0.453. The third-order valence-electron chi connectivity index (χ3n) is 1.59.